The number of benzene rings is 1. The van der Waals surface area contributed by atoms with Gasteiger partial charge in [-0.05, 0) is 26.0 Å². The normalized spacial score (nSPS) is 12.9. The highest BCUT2D eigenvalue weighted by Gasteiger charge is 2.08. The van der Waals surface area contributed by atoms with Gasteiger partial charge in [0, 0.05) is 19.3 Å². The zero-order chi connectivity index (χ0) is 17.3. The molecule has 0 saturated carbocycles. The smallest absolute Gasteiger partial charge is 0.191 e. The molecule has 0 heterocycles. The van der Waals surface area contributed by atoms with Crippen molar-refractivity contribution < 1.29 is 17.5 Å². The Bertz CT molecular complexity index is 626. The van der Waals surface area contributed by atoms with E-state index in [1.807, 2.05) is 6.92 Å². The van der Waals surface area contributed by atoms with E-state index in [0.29, 0.717) is 19.0 Å². The summed E-state index contributed by atoms with van der Waals surface area (Å²) in [5.41, 5.74) is 0. The van der Waals surface area contributed by atoms with Gasteiger partial charge in [-0.1, -0.05) is 12.1 Å². The summed E-state index contributed by atoms with van der Waals surface area (Å²) < 4.78 is 41.2. The van der Waals surface area contributed by atoms with Gasteiger partial charge in [-0.2, -0.15) is 0 Å². The number of para-hydroxylation sites is 1. The van der Waals surface area contributed by atoms with E-state index in [9.17, 15) is 12.8 Å². The number of hydrogen-bond acceptors (Lipinski definition) is 4. The van der Waals surface area contributed by atoms with E-state index in [0.717, 1.165) is 0 Å². The van der Waals surface area contributed by atoms with E-state index in [1.165, 1.54) is 12.3 Å². The van der Waals surface area contributed by atoms with Crippen LogP contribution >= 0.6 is 24.0 Å². The van der Waals surface area contributed by atoms with Crippen molar-refractivity contribution in [1.82, 2.24) is 10.6 Å². The van der Waals surface area contributed by atoms with Gasteiger partial charge in [0.15, 0.2) is 17.5 Å². The Kier molecular flexibility index (Phi) is 10.9. The summed E-state index contributed by atoms with van der Waals surface area (Å²) in [4.78, 5) is 4.31. The summed E-state index contributed by atoms with van der Waals surface area (Å²) in [6.07, 6.45) is 0.862. The van der Waals surface area contributed by atoms with E-state index >= 15 is 0 Å². The van der Waals surface area contributed by atoms with Gasteiger partial charge >= 0.3 is 0 Å². The fourth-order valence-corrected chi connectivity index (χ4v) is 2.18. The summed E-state index contributed by atoms with van der Waals surface area (Å²) in [7, 11) is -3.02. The second-order valence-electron chi connectivity index (χ2n) is 5.14. The molecular formula is C15H25FIN3O3S. The van der Waals surface area contributed by atoms with Crippen molar-refractivity contribution in [3.63, 3.8) is 0 Å². The molecule has 6 nitrogen and oxygen atoms in total. The Morgan fingerprint density at radius 1 is 1.33 bits per heavy atom. The summed E-state index contributed by atoms with van der Waals surface area (Å²) in [5, 5.41) is 5.95. The number of hydrogen-bond donors (Lipinski definition) is 2. The average molecular weight is 473 g/mol. The fraction of sp³-hybridized carbons (Fsp3) is 0.533. The third kappa shape index (κ3) is 9.91. The minimum atomic E-state index is -3.02. The van der Waals surface area contributed by atoms with Gasteiger partial charge in [0.25, 0.3) is 0 Å². The molecule has 0 spiro atoms. The topological polar surface area (TPSA) is 79.8 Å². The molecule has 0 fully saturated rings. The maximum atomic E-state index is 13.5. The molecule has 138 valence electrons. The molecule has 0 bridgehead atoms. The highest BCUT2D eigenvalue weighted by atomic mass is 127. The lowest BCUT2D eigenvalue weighted by Crippen LogP contribution is -2.40. The molecule has 24 heavy (non-hydrogen) atoms. The highest BCUT2D eigenvalue weighted by molar-refractivity contribution is 14.0. The van der Waals surface area contributed by atoms with Gasteiger partial charge in [0.1, 0.15) is 15.9 Å². The molecule has 0 amide bonds. The van der Waals surface area contributed by atoms with Crippen LogP contribution in [0.4, 0.5) is 4.39 Å². The van der Waals surface area contributed by atoms with Crippen LogP contribution in [0.15, 0.2) is 29.3 Å². The Hall–Kier alpha value is -1.10. The van der Waals surface area contributed by atoms with Gasteiger partial charge in [-0.25, -0.2) is 17.8 Å². The fourth-order valence-electron chi connectivity index (χ4n) is 1.71. The Morgan fingerprint density at radius 3 is 2.58 bits per heavy atom. The number of ether oxygens (including phenoxy) is 1. The van der Waals surface area contributed by atoms with Crippen molar-refractivity contribution in [3.05, 3.63) is 30.1 Å². The summed E-state index contributed by atoms with van der Waals surface area (Å²) in [6, 6.07) is 6.19. The molecular weight excluding hydrogens is 448 g/mol. The molecule has 0 aliphatic carbocycles. The maximum Gasteiger partial charge on any atom is 0.191 e. The van der Waals surface area contributed by atoms with Crippen molar-refractivity contribution in [2.75, 3.05) is 31.6 Å². The third-order valence-corrected chi connectivity index (χ3v) is 3.73. The van der Waals surface area contributed by atoms with Gasteiger partial charge < -0.3 is 15.4 Å². The first kappa shape index (κ1) is 22.9. The Balaban J connectivity index is 0.00000529. The zero-order valence-electron chi connectivity index (χ0n) is 14.1. The largest absolute Gasteiger partial charge is 0.486 e. The average Bonchev–Trinajstić information content (AvgIpc) is 2.46. The molecule has 1 rings (SSSR count). The molecule has 1 unspecified atom stereocenters. The van der Waals surface area contributed by atoms with Crippen LogP contribution in [0.5, 0.6) is 5.75 Å². The predicted molar refractivity (Wildman–Crippen MR) is 106 cm³/mol. The predicted octanol–water partition coefficient (Wildman–Crippen LogP) is 1.81. The molecule has 0 saturated heterocycles. The molecule has 0 radical (unpaired) electrons. The summed E-state index contributed by atoms with van der Waals surface area (Å²) >= 11 is 0. The first-order chi connectivity index (χ1) is 10.8. The van der Waals surface area contributed by atoms with Crippen molar-refractivity contribution in [2.45, 2.75) is 20.0 Å². The number of guanidine groups is 1. The van der Waals surface area contributed by atoms with Crippen molar-refractivity contribution in [3.8, 4) is 5.75 Å². The second kappa shape index (κ2) is 11.5. The molecule has 1 aromatic carbocycles. The van der Waals surface area contributed by atoms with Crippen LogP contribution in [0.25, 0.3) is 0 Å². The first-order valence-electron chi connectivity index (χ1n) is 7.43. The number of sulfone groups is 1. The first-order valence-corrected chi connectivity index (χ1v) is 9.49. The lowest BCUT2D eigenvalue weighted by Gasteiger charge is -2.15. The SMILES string of the molecule is CCNC(=NCC(C)Oc1ccccc1F)NCCS(C)(=O)=O.I. The van der Waals surface area contributed by atoms with E-state index in [2.05, 4.69) is 15.6 Å². The molecule has 1 atom stereocenters. The highest BCUT2D eigenvalue weighted by Crippen LogP contribution is 2.16. The minimum absolute atomic E-state index is 0. The van der Waals surface area contributed by atoms with E-state index < -0.39 is 15.7 Å². The van der Waals surface area contributed by atoms with Crippen LogP contribution in [-0.2, 0) is 9.84 Å². The van der Waals surface area contributed by atoms with Gasteiger partial charge in [-0.15, -0.1) is 24.0 Å². The molecule has 0 aromatic heterocycles. The van der Waals surface area contributed by atoms with Crippen molar-refractivity contribution in [2.24, 2.45) is 4.99 Å². The molecule has 9 heteroatoms. The lowest BCUT2D eigenvalue weighted by atomic mass is 10.3. The van der Waals surface area contributed by atoms with E-state index in [-0.39, 0.29) is 48.1 Å². The number of nitrogens with one attached hydrogen (secondary N) is 2. The van der Waals surface area contributed by atoms with Crippen LogP contribution in [-0.4, -0.2) is 52.1 Å². The van der Waals surface area contributed by atoms with Gasteiger partial charge in [-0.3, -0.25) is 0 Å². The monoisotopic (exact) mass is 473 g/mol. The van der Waals surface area contributed by atoms with Gasteiger partial charge in [0.05, 0.1) is 12.3 Å². The van der Waals surface area contributed by atoms with Crippen molar-refractivity contribution in [1.29, 1.82) is 0 Å². The van der Waals surface area contributed by atoms with Gasteiger partial charge in [0.2, 0.25) is 0 Å². The third-order valence-electron chi connectivity index (χ3n) is 2.78. The number of rotatable bonds is 8. The molecule has 1 aromatic rings. The molecule has 0 aliphatic rings. The van der Waals surface area contributed by atoms with E-state index in [4.69, 9.17) is 4.74 Å². The quantitative estimate of drug-likeness (QED) is 0.342. The number of halogens is 2. The standard InChI is InChI=1S/C15H24FN3O3S.HI/c1-4-17-15(18-9-10-23(3,20)21)19-11-12(2)22-14-8-6-5-7-13(14)16;/h5-8,12H,4,9-11H2,1-3H3,(H2,17,18,19);1H. The summed E-state index contributed by atoms with van der Waals surface area (Å²) in [6.45, 7) is 4.92. The number of aliphatic imine (C=N–C) groups is 1. The van der Waals surface area contributed by atoms with Crippen LogP contribution in [0, 0.1) is 5.82 Å². The van der Waals surface area contributed by atoms with Crippen molar-refractivity contribution >= 4 is 39.8 Å². The van der Waals surface area contributed by atoms with Crippen LogP contribution in [0.1, 0.15) is 13.8 Å². The summed E-state index contributed by atoms with van der Waals surface area (Å²) in [5.74, 6) is 0.297. The Labute approximate surface area is 160 Å². The lowest BCUT2D eigenvalue weighted by molar-refractivity contribution is 0.220. The Morgan fingerprint density at radius 2 is 2.00 bits per heavy atom. The van der Waals surface area contributed by atoms with Crippen LogP contribution in [0.2, 0.25) is 0 Å². The zero-order valence-corrected chi connectivity index (χ0v) is 17.2. The van der Waals surface area contributed by atoms with Crippen LogP contribution in [0.3, 0.4) is 0 Å². The molecule has 0 aliphatic heterocycles. The van der Waals surface area contributed by atoms with E-state index in [1.54, 1.807) is 25.1 Å². The minimum Gasteiger partial charge on any atom is -0.486 e. The molecule has 2 N–H and O–H groups in total. The van der Waals surface area contributed by atoms with Crippen LogP contribution < -0.4 is 15.4 Å². The number of nitrogens with zero attached hydrogens (tertiary/aromatic N) is 1. The maximum absolute atomic E-state index is 13.5. The second-order valence-corrected chi connectivity index (χ2v) is 7.39.